The van der Waals surface area contributed by atoms with Crippen LogP contribution >= 0.6 is 0 Å². The fourth-order valence-electron chi connectivity index (χ4n) is 2.70. The van der Waals surface area contributed by atoms with E-state index in [0.29, 0.717) is 6.61 Å². The van der Waals surface area contributed by atoms with Gasteiger partial charge in [-0.15, -0.1) is 0 Å². The van der Waals surface area contributed by atoms with E-state index in [4.69, 9.17) is 9.47 Å². The van der Waals surface area contributed by atoms with Crippen molar-refractivity contribution >= 4 is 0 Å². The molecule has 4 rings (SSSR count). The van der Waals surface area contributed by atoms with Gasteiger partial charge in [0.15, 0.2) is 0 Å². The first-order chi connectivity index (χ1) is 13.4. The van der Waals surface area contributed by atoms with E-state index >= 15 is 0 Å². The second-order valence-electron chi connectivity index (χ2n) is 6.02. The lowest BCUT2D eigenvalue weighted by atomic mass is 10.1. The molecule has 134 valence electrons. The van der Waals surface area contributed by atoms with Crippen LogP contribution in [0, 0.1) is 0 Å². The molecule has 5 heteroatoms. The van der Waals surface area contributed by atoms with Gasteiger partial charge in [-0.05, 0) is 77.9 Å². The number of nitrogens with zero attached hydrogens (tertiary/aromatic N) is 2. The van der Waals surface area contributed by atoms with Crippen molar-refractivity contribution in [2.75, 3.05) is 6.61 Å². The topological polar surface area (TPSA) is 60.0 Å². The Bertz CT molecular complexity index is 951. The Hall–Kier alpha value is -3.60. The largest absolute Gasteiger partial charge is 0.493 e. The van der Waals surface area contributed by atoms with Gasteiger partial charge in [-0.3, -0.25) is 10.1 Å². The highest BCUT2D eigenvalue weighted by Crippen LogP contribution is 2.26. The van der Waals surface area contributed by atoms with E-state index in [1.54, 1.807) is 18.6 Å². The summed E-state index contributed by atoms with van der Waals surface area (Å²) in [5.74, 6) is 2.38. The molecule has 5 nitrogen and oxygen atoms in total. The molecule has 27 heavy (non-hydrogen) atoms. The predicted octanol–water partition coefficient (Wildman–Crippen LogP) is 4.89. The van der Waals surface area contributed by atoms with Crippen molar-refractivity contribution in [2.24, 2.45) is 0 Å². The third-order valence-corrected chi connectivity index (χ3v) is 4.13. The quantitative estimate of drug-likeness (QED) is 0.512. The van der Waals surface area contributed by atoms with Gasteiger partial charge in [-0.2, -0.15) is 5.10 Å². The second-order valence-corrected chi connectivity index (χ2v) is 6.02. The molecule has 2 heterocycles. The van der Waals surface area contributed by atoms with Gasteiger partial charge >= 0.3 is 0 Å². The summed E-state index contributed by atoms with van der Waals surface area (Å²) in [6.07, 6.45) is 6.18. The number of benzene rings is 2. The van der Waals surface area contributed by atoms with Gasteiger partial charge in [-0.25, -0.2) is 0 Å². The van der Waals surface area contributed by atoms with Gasteiger partial charge in [0.05, 0.1) is 12.3 Å². The average molecular weight is 357 g/mol. The van der Waals surface area contributed by atoms with Gasteiger partial charge in [-0.1, -0.05) is 0 Å². The molecule has 0 aliphatic rings. The van der Waals surface area contributed by atoms with Crippen molar-refractivity contribution in [3.8, 4) is 28.5 Å². The number of H-pyrrole nitrogens is 1. The molecular formula is C22H19N3O2. The Balaban J connectivity index is 1.31. The molecule has 0 bridgehead atoms. The predicted molar refractivity (Wildman–Crippen MR) is 104 cm³/mol. The number of hydrogen-bond donors (Lipinski definition) is 1. The Labute approximate surface area is 157 Å². The highest BCUT2D eigenvalue weighted by Gasteiger charge is 2.02. The highest BCUT2D eigenvalue weighted by molar-refractivity contribution is 5.59. The fraction of sp³-hybridized carbons (Fsp3) is 0.0909. The summed E-state index contributed by atoms with van der Waals surface area (Å²) in [6.45, 7) is 0.624. The van der Waals surface area contributed by atoms with Crippen LogP contribution in [0.25, 0.3) is 11.3 Å². The lowest BCUT2D eigenvalue weighted by molar-refractivity contribution is 0.321. The summed E-state index contributed by atoms with van der Waals surface area (Å²) < 4.78 is 11.7. The molecule has 0 spiro atoms. The maximum absolute atomic E-state index is 5.89. The lowest BCUT2D eigenvalue weighted by Gasteiger charge is -2.09. The third kappa shape index (κ3) is 4.52. The van der Waals surface area contributed by atoms with Crippen molar-refractivity contribution in [3.63, 3.8) is 0 Å². The number of nitrogens with one attached hydrogen (secondary N) is 1. The van der Waals surface area contributed by atoms with Crippen molar-refractivity contribution in [1.29, 1.82) is 0 Å². The Morgan fingerprint density at radius 1 is 0.704 bits per heavy atom. The Morgan fingerprint density at radius 2 is 1.37 bits per heavy atom. The van der Waals surface area contributed by atoms with Crippen molar-refractivity contribution in [1.82, 2.24) is 15.2 Å². The van der Waals surface area contributed by atoms with Crippen LogP contribution in [0.4, 0.5) is 0 Å². The summed E-state index contributed by atoms with van der Waals surface area (Å²) >= 11 is 0. The molecular weight excluding hydrogens is 338 g/mol. The lowest BCUT2D eigenvalue weighted by Crippen LogP contribution is -2.01. The first-order valence-electron chi connectivity index (χ1n) is 8.76. The number of pyridine rings is 1. The minimum Gasteiger partial charge on any atom is -0.493 e. The molecule has 0 atom stereocenters. The van der Waals surface area contributed by atoms with E-state index in [9.17, 15) is 0 Å². The van der Waals surface area contributed by atoms with Crippen molar-refractivity contribution in [3.05, 3.63) is 90.9 Å². The molecule has 2 aromatic carbocycles. The Kier molecular flexibility index (Phi) is 5.11. The zero-order valence-corrected chi connectivity index (χ0v) is 14.7. The first kappa shape index (κ1) is 16.8. The summed E-state index contributed by atoms with van der Waals surface area (Å²) in [7, 11) is 0. The fourth-order valence-corrected chi connectivity index (χ4v) is 2.70. The Morgan fingerprint density at radius 3 is 2.04 bits per heavy atom. The molecule has 0 unspecified atom stereocenters. The van der Waals surface area contributed by atoms with E-state index in [0.717, 1.165) is 34.9 Å². The van der Waals surface area contributed by atoms with Crippen LogP contribution in [0.3, 0.4) is 0 Å². The monoisotopic (exact) mass is 357 g/mol. The minimum absolute atomic E-state index is 0.624. The molecule has 0 saturated carbocycles. The van der Waals surface area contributed by atoms with Gasteiger partial charge in [0.25, 0.3) is 0 Å². The SMILES string of the molecule is c1cc(CCOc2ccc(Oc3ccc(-c4ccn[nH]4)cc3)cc2)ccn1. The molecule has 0 aliphatic heterocycles. The van der Waals surface area contributed by atoms with E-state index in [1.807, 2.05) is 66.7 Å². The van der Waals surface area contributed by atoms with Gasteiger partial charge < -0.3 is 9.47 Å². The number of rotatable bonds is 7. The molecule has 4 aromatic rings. The zero-order valence-electron chi connectivity index (χ0n) is 14.7. The van der Waals surface area contributed by atoms with Gasteiger partial charge in [0, 0.05) is 25.0 Å². The van der Waals surface area contributed by atoms with Gasteiger partial charge in [0.1, 0.15) is 17.2 Å². The van der Waals surface area contributed by atoms with Crippen molar-refractivity contribution in [2.45, 2.75) is 6.42 Å². The number of aromatic nitrogens is 3. The smallest absolute Gasteiger partial charge is 0.127 e. The number of ether oxygens (including phenoxy) is 2. The van der Waals surface area contributed by atoms with Crippen LogP contribution < -0.4 is 9.47 Å². The van der Waals surface area contributed by atoms with Crippen LogP contribution in [0.15, 0.2) is 85.3 Å². The number of hydrogen-bond acceptors (Lipinski definition) is 4. The maximum Gasteiger partial charge on any atom is 0.127 e. The molecule has 0 aliphatic carbocycles. The standard InChI is InChI=1S/C22H19N3O2/c1-3-20(4-2-18(1)22-11-15-24-25-22)27-21-7-5-19(6-8-21)26-16-12-17-9-13-23-14-10-17/h1-11,13-15H,12,16H2,(H,24,25). The molecule has 0 fully saturated rings. The molecule has 0 saturated heterocycles. The van der Waals surface area contributed by atoms with E-state index < -0.39 is 0 Å². The van der Waals surface area contributed by atoms with Crippen LogP contribution in [0.1, 0.15) is 5.56 Å². The average Bonchev–Trinajstić information content (AvgIpc) is 3.26. The van der Waals surface area contributed by atoms with Crippen LogP contribution in [-0.2, 0) is 6.42 Å². The molecule has 1 N–H and O–H groups in total. The van der Waals surface area contributed by atoms with Gasteiger partial charge in [0.2, 0.25) is 0 Å². The van der Waals surface area contributed by atoms with E-state index in [1.165, 1.54) is 5.56 Å². The molecule has 0 radical (unpaired) electrons. The number of aromatic amines is 1. The second kappa shape index (κ2) is 8.19. The van der Waals surface area contributed by atoms with E-state index in [-0.39, 0.29) is 0 Å². The van der Waals surface area contributed by atoms with Crippen LogP contribution in [0.5, 0.6) is 17.2 Å². The summed E-state index contributed by atoms with van der Waals surface area (Å²) in [5, 5.41) is 6.91. The summed E-state index contributed by atoms with van der Waals surface area (Å²) in [5.41, 5.74) is 3.26. The first-order valence-corrected chi connectivity index (χ1v) is 8.76. The van der Waals surface area contributed by atoms with Crippen LogP contribution in [0.2, 0.25) is 0 Å². The third-order valence-electron chi connectivity index (χ3n) is 4.13. The summed E-state index contributed by atoms with van der Waals surface area (Å²) in [4.78, 5) is 4.01. The minimum atomic E-state index is 0.624. The zero-order chi connectivity index (χ0) is 18.3. The molecule has 0 amide bonds. The van der Waals surface area contributed by atoms with Crippen LogP contribution in [-0.4, -0.2) is 21.8 Å². The highest BCUT2D eigenvalue weighted by atomic mass is 16.5. The van der Waals surface area contributed by atoms with E-state index in [2.05, 4.69) is 15.2 Å². The summed E-state index contributed by atoms with van der Waals surface area (Å²) in [6, 6.07) is 21.5. The maximum atomic E-state index is 5.89. The normalized spacial score (nSPS) is 10.5. The van der Waals surface area contributed by atoms with Crippen molar-refractivity contribution < 1.29 is 9.47 Å². The molecule has 2 aromatic heterocycles.